The van der Waals surface area contributed by atoms with Gasteiger partial charge in [-0.3, -0.25) is 0 Å². The van der Waals surface area contributed by atoms with E-state index in [4.69, 9.17) is 17.1 Å². The van der Waals surface area contributed by atoms with Crippen molar-refractivity contribution in [3.8, 4) is 11.9 Å². The second-order valence-electron chi connectivity index (χ2n) is 2.71. The van der Waals surface area contributed by atoms with Gasteiger partial charge in [0.05, 0.1) is 18.2 Å². The SMILES string of the molecule is N#CCc1cccc(OCC(F)(F)F)n1.[C-]#N.[Na+]. The number of halogens is 3. The molecule has 0 atom stereocenters. The number of hydrogen-bond donors (Lipinski definition) is 0. The smallest absolute Gasteiger partial charge is 0.512 e. The van der Waals surface area contributed by atoms with Gasteiger partial charge in [0.25, 0.3) is 0 Å². The summed E-state index contributed by atoms with van der Waals surface area (Å²) in [5.41, 5.74) is 0.386. The van der Waals surface area contributed by atoms with Crippen LogP contribution in [0.5, 0.6) is 5.88 Å². The molecule has 0 N–H and O–H groups in total. The van der Waals surface area contributed by atoms with Crippen LogP contribution >= 0.6 is 0 Å². The number of rotatable bonds is 3. The summed E-state index contributed by atoms with van der Waals surface area (Å²) in [7, 11) is 0. The molecule has 0 fully saturated rings. The first-order valence-corrected chi connectivity index (χ1v) is 4.26. The Balaban J connectivity index is 0. The van der Waals surface area contributed by atoms with Gasteiger partial charge < -0.3 is 16.6 Å². The Morgan fingerprint density at radius 3 is 2.44 bits per heavy atom. The van der Waals surface area contributed by atoms with Crippen LogP contribution in [-0.2, 0) is 6.42 Å². The molecule has 0 bridgehead atoms. The molecule has 0 aromatic carbocycles. The molecule has 90 valence electrons. The molecule has 0 unspecified atom stereocenters. The van der Waals surface area contributed by atoms with Crippen LogP contribution in [0.3, 0.4) is 0 Å². The van der Waals surface area contributed by atoms with Crippen LogP contribution in [0.2, 0.25) is 0 Å². The molecule has 0 saturated carbocycles. The normalized spacial score (nSPS) is 9.11. The Labute approximate surface area is 124 Å². The molecule has 0 radical (unpaired) electrons. The van der Waals surface area contributed by atoms with Crippen LogP contribution in [0.15, 0.2) is 18.2 Å². The first-order valence-electron chi connectivity index (χ1n) is 4.26. The Kier molecular flexibility index (Phi) is 10.3. The molecule has 0 aliphatic heterocycles. The van der Waals surface area contributed by atoms with E-state index in [1.807, 2.05) is 6.07 Å². The summed E-state index contributed by atoms with van der Waals surface area (Å²) >= 11 is 0. The van der Waals surface area contributed by atoms with Crippen molar-refractivity contribution in [3.63, 3.8) is 0 Å². The van der Waals surface area contributed by atoms with Gasteiger partial charge in [0, 0.05) is 6.07 Å². The fraction of sp³-hybridized carbons (Fsp3) is 0.300. The summed E-state index contributed by atoms with van der Waals surface area (Å²) in [6, 6.07) is 6.19. The van der Waals surface area contributed by atoms with Crippen molar-refractivity contribution in [3.05, 3.63) is 30.5 Å². The molecule has 4 nitrogen and oxygen atoms in total. The van der Waals surface area contributed by atoms with Crippen molar-refractivity contribution >= 4 is 0 Å². The van der Waals surface area contributed by atoms with Gasteiger partial charge in [0.15, 0.2) is 6.61 Å². The zero-order chi connectivity index (χ0) is 13.3. The van der Waals surface area contributed by atoms with Crippen molar-refractivity contribution in [2.45, 2.75) is 12.6 Å². The molecule has 1 aromatic rings. The second-order valence-corrected chi connectivity index (χ2v) is 2.71. The fourth-order valence-electron chi connectivity index (χ4n) is 0.873. The van der Waals surface area contributed by atoms with E-state index in [0.717, 1.165) is 0 Å². The molecule has 0 aliphatic carbocycles. The number of nitriles is 1. The Bertz CT molecular complexity index is 415. The number of pyridine rings is 1. The third-order valence-corrected chi connectivity index (χ3v) is 1.43. The van der Waals surface area contributed by atoms with Gasteiger partial charge in [-0.1, -0.05) is 6.07 Å². The Hall–Kier alpha value is -1.28. The molecule has 1 rings (SSSR count). The van der Waals surface area contributed by atoms with Gasteiger partial charge in [-0.25, -0.2) is 4.98 Å². The molecule has 8 heteroatoms. The quantitative estimate of drug-likeness (QED) is 0.529. The standard InChI is InChI=1S/C9H7F3N2O.CN.Na/c10-9(11,12)6-15-8-3-1-2-7(14-8)4-5-13;1-2;/h1-3H,4,6H2;;/q;-1;+1. The zero-order valence-corrected chi connectivity index (χ0v) is 11.5. The summed E-state index contributed by atoms with van der Waals surface area (Å²) in [4.78, 5) is 3.72. The van der Waals surface area contributed by atoms with Crippen LogP contribution in [0.25, 0.3) is 0 Å². The number of aromatic nitrogens is 1. The third-order valence-electron chi connectivity index (χ3n) is 1.43. The minimum Gasteiger partial charge on any atom is -0.512 e. The van der Waals surface area contributed by atoms with E-state index in [1.165, 1.54) is 12.1 Å². The average Bonchev–Trinajstić information content (AvgIpc) is 2.29. The first kappa shape index (κ1) is 19.1. The van der Waals surface area contributed by atoms with Crippen LogP contribution in [0.1, 0.15) is 5.69 Å². The number of alkyl halides is 3. The van der Waals surface area contributed by atoms with Crippen LogP contribution in [-0.4, -0.2) is 17.8 Å². The maximum atomic E-state index is 11.8. The topological polar surface area (TPSA) is 69.7 Å². The average molecular weight is 265 g/mol. The summed E-state index contributed by atoms with van der Waals surface area (Å²) in [5.74, 6) is -0.125. The predicted molar refractivity (Wildman–Crippen MR) is 50.1 cm³/mol. The molecule has 0 saturated heterocycles. The van der Waals surface area contributed by atoms with Gasteiger partial charge in [0.2, 0.25) is 5.88 Å². The van der Waals surface area contributed by atoms with Gasteiger partial charge in [-0.15, -0.1) is 0 Å². The van der Waals surface area contributed by atoms with E-state index in [1.54, 1.807) is 6.07 Å². The minimum absolute atomic E-state index is 0. The van der Waals surface area contributed by atoms with E-state index < -0.39 is 12.8 Å². The second kappa shape index (κ2) is 9.72. The largest absolute Gasteiger partial charge is 1.00 e. The van der Waals surface area contributed by atoms with Gasteiger partial charge in [-0.05, 0) is 6.07 Å². The van der Waals surface area contributed by atoms with E-state index in [-0.39, 0.29) is 41.9 Å². The van der Waals surface area contributed by atoms with Crippen molar-refractivity contribution in [2.24, 2.45) is 0 Å². The number of nitrogens with zero attached hydrogens (tertiary/aromatic N) is 3. The van der Waals surface area contributed by atoms with Crippen molar-refractivity contribution in [2.75, 3.05) is 6.61 Å². The monoisotopic (exact) mass is 265 g/mol. The van der Waals surface area contributed by atoms with Gasteiger partial charge in [0.1, 0.15) is 0 Å². The number of hydrogen-bond acceptors (Lipinski definition) is 4. The van der Waals surface area contributed by atoms with E-state index in [2.05, 4.69) is 9.72 Å². The van der Waals surface area contributed by atoms with Gasteiger partial charge in [-0.2, -0.15) is 18.4 Å². The van der Waals surface area contributed by atoms with Gasteiger partial charge >= 0.3 is 35.7 Å². The zero-order valence-electron chi connectivity index (χ0n) is 9.53. The molecule has 18 heavy (non-hydrogen) atoms. The minimum atomic E-state index is -4.38. The van der Waals surface area contributed by atoms with Crippen LogP contribution < -0.4 is 34.3 Å². The predicted octanol–water partition coefficient (Wildman–Crippen LogP) is -0.811. The molecular formula is C10H7F3N3NaO. The Morgan fingerprint density at radius 1 is 1.33 bits per heavy atom. The van der Waals surface area contributed by atoms with Crippen LogP contribution in [0.4, 0.5) is 13.2 Å². The molecule has 1 aromatic heterocycles. The van der Waals surface area contributed by atoms with E-state index in [0.29, 0.717) is 5.69 Å². The maximum Gasteiger partial charge on any atom is 1.00 e. The maximum absolute atomic E-state index is 11.8. The molecule has 0 aliphatic rings. The van der Waals surface area contributed by atoms with Crippen molar-refractivity contribution < 1.29 is 47.5 Å². The third kappa shape index (κ3) is 8.82. The summed E-state index contributed by atoms with van der Waals surface area (Å²) in [6.07, 6.45) is -4.34. The van der Waals surface area contributed by atoms with Crippen molar-refractivity contribution in [1.29, 1.82) is 10.5 Å². The molecule has 0 amide bonds. The molecule has 1 heterocycles. The summed E-state index contributed by atoms with van der Waals surface area (Å²) in [5, 5.41) is 14.6. The Morgan fingerprint density at radius 2 is 1.94 bits per heavy atom. The van der Waals surface area contributed by atoms with E-state index >= 15 is 0 Å². The van der Waals surface area contributed by atoms with E-state index in [9.17, 15) is 13.2 Å². The number of ether oxygens (including phenoxy) is 1. The molecular weight excluding hydrogens is 258 g/mol. The van der Waals surface area contributed by atoms with Crippen molar-refractivity contribution in [1.82, 2.24) is 4.98 Å². The fourth-order valence-corrected chi connectivity index (χ4v) is 0.873. The van der Waals surface area contributed by atoms with Crippen LogP contribution in [0, 0.1) is 23.2 Å². The molecule has 0 spiro atoms. The first-order chi connectivity index (χ1) is 8.01. The summed E-state index contributed by atoms with van der Waals surface area (Å²) < 4.78 is 39.8. The summed E-state index contributed by atoms with van der Waals surface area (Å²) in [6.45, 7) is 3.37.